The molecule has 7 nitrogen and oxygen atoms in total. The van der Waals surface area contributed by atoms with Crippen LogP contribution < -0.4 is 15.8 Å². The van der Waals surface area contributed by atoms with Gasteiger partial charge in [-0.1, -0.05) is 59.6 Å². The minimum Gasteiger partial charge on any atom is -0.489 e. The lowest BCUT2D eigenvalue weighted by atomic mass is 9.93. The number of hydrogen-bond donors (Lipinski definition) is 2. The van der Waals surface area contributed by atoms with Gasteiger partial charge in [0.1, 0.15) is 12.4 Å². The molecule has 3 aromatic rings. The third-order valence-electron chi connectivity index (χ3n) is 6.22. The molecular weight excluding hydrogens is 485 g/mol. The number of fused-ring (bicyclic) bond motifs is 1. The summed E-state index contributed by atoms with van der Waals surface area (Å²) in [5, 5.41) is 3.91. The predicted molar refractivity (Wildman–Crippen MR) is 138 cm³/mol. The SMILES string of the molecule is Nc1nc2c(c(-c3c(Cl)cc(Cl)cc3OC/C=C/c3ccccc3)n1)CN(C(=O)NC1CCC1)C2. The van der Waals surface area contributed by atoms with E-state index in [1.807, 2.05) is 42.5 Å². The van der Waals surface area contributed by atoms with Crippen LogP contribution in [0.15, 0.2) is 48.5 Å². The van der Waals surface area contributed by atoms with Crippen molar-refractivity contribution in [3.8, 4) is 17.0 Å². The molecule has 35 heavy (non-hydrogen) atoms. The van der Waals surface area contributed by atoms with Gasteiger partial charge in [-0.2, -0.15) is 0 Å². The molecule has 9 heteroatoms. The highest BCUT2D eigenvalue weighted by atomic mass is 35.5. The number of benzene rings is 2. The molecule has 1 aliphatic heterocycles. The molecule has 3 N–H and O–H groups in total. The summed E-state index contributed by atoms with van der Waals surface area (Å²) in [6.07, 6.45) is 7.08. The largest absolute Gasteiger partial charge is 0.489 e. The smallest absolute Gasteiger partial charge is 0.318 e. The first kappa shape index (κ1) is 23.5. The molecule has 1 saturated carbocycles. The lowest BCUT2D eigenvalue weighted by Crippen LogP contribution is -2.45. The zero-order valence-electron chi connectivity index (χ0n) is 19.0. The molecule has 1 fully saturated rings. The molecule has 0 spiro atoms. The first-order valence-electron chi connectivity index (χ1n) is 11.5. The number of nitrogens with two attached hydrogens (primary N) is 1. The molecule has 0 atom stereocenters. The second-order valence-electron chi connectivity index (χ2n) is 8.67. The Morgan fingerprint density at radius 1 is 1.17 bits per heavy atom. The van der Waals surface area contributed by atoms with E-state index in [-0.39, 0.29) is 18.0 Å². The van der Waals surface area contributed by atoms with Gasteiger partial charge in [0.05, 0.1) is 35.1 Å². The lowest BCUT2D eigenvalue weighted by Gasteiger charge is -2.28. The van der Waals surface area contributed by atoms with E-state index in [4.69, 9.17) is 33.7 Å². The van der Waals surface area contributed by atoms with Crippen molar-refractivity contribution in [1.29, 1.82) is 0 Å². The third kappa shape index (κ3) is 5.21. The van der Waals surface area contributed by atoms with Crippen molar-refractivity contribution in [2.75, 3.05) is 12.3 Å². The van der Waals surface area contributed by atoms with Crippen molar-refractivity contribution in [3.05, 3.63) is 75.4 Å². The molecule has 5 rings (SSSR count). The number of aromatic nitrogens is 2. The Labute approximate surface area is 213 Å². The van der Waals surface area contributed by atoms with Crippen LogP contribution in [0.4, 0.5) is 10.7 Å². The summed E-state index contributed by atoms with van der Waals surface area (Å²) in [5.41, 5.74) is 9.77. The number of anilines is 1. The average molecular weight is 510 g/mol. The van der Waals surface area contributed by atoms with Gasteiger partial charge in [0.25, 0.3) is 0 Å². The molecule has 0 saturated heterocycles. The Balaban J connectivity index is 1.42. The van der Waals surface area contributed by atoms with Crippen LogP contribution in [0, 0.1) is 0 Å². The van der Waals surface area contributed by atoms with E-state index in [2.05, 4.69) is 15.3 Å². The number of nitrogens with zero attached hydrogens (tertiary/aromatic N) is 3. The van der Waals surface area contributed by atoms with Crippen LogP contribution >= 0.6 is 23.2 Å². The van der Waals surface area contributed by atoms with Gasteiger partial charge in [-0.15, -0.1) is 0 Å². The highest BCUT2D eigenvalue weighted by Gasteiger charge is 2.32. The number of nitrogens with one attached hydrogen (secondary N) is 1. The van der Waals surface area contributed by atoms with Crippen molar-refractivity contribution >= 4 is 41.3 Å². The number of urea groups is 1. The molecule has 0 radical (unpaired) electrons. The summed E-state index contributed by atoms with van der Waals surface area (Å²) < 4.78 is 6.07. The Kier molecular flexibility index (Phi) is 6.79. The summed E-state index contributed by atoms with van der Waals surface area (Å²) in [4.78, 5) is 23.4. The van der Waals surface area contributed by atoms with Gasteiger partial charge in [0, 0.05) is 16.6 Å². The van der Waals surface area contributed by atoms with E-state index >= 15 is 0 Å². The first-order chi connectivity index (χ1) is 17.0. The van der Waals surface area contributed by atoms with E-state index in [1.54, 1.807) is 17.0 Å². The fourth-order valence-corrected chi connectivity index (χ4v) is 4.79. The Morgan fingerprint density at radius 3 is 2.71 bits per heavy atom. The third-order valence-corrected chi connectivity index (χ3v) is 6.74. The minimum absolute atomic E-state index is 0.109. The maximum absolute atomic E-state index is 12.8. The number of nitrogen functional groups attached to an aromatic ring is 1. The van der Waals surface area contributed by atoms with Crippen LogP contribution in [-0.2, 0) is 13.1 Å². The molecule has 0 unspecified atom stereocenters. The second-order valence-corrected chi connectivity index (χ2v) is 9.52. The standard InChI is InChI=1S/C26H25Cl2N5O2/c27-17-12-20(28)23(22(13-17)35-11-5-8-16-6-2-1-3-7-16)24-19-14-33(15-21(19)31-25(29)32-24)26(34)30-18-9-4-10-18/h1-3,5-8,12-13,18H,4,9-11,14-15H2,(H,30,34)(H2,29,31,32)/b8-5+. The van der Waals surface area contributed by atoms with Crippen LogP contribution in [0.3, 0.4) is 0 Å². The Morgan fingerprint density at radius 2 is 1.97 bits per heavy atom. The van der Waals surface area contributed by atoms with E-state index in [9.17, 15) is 4.79 Å². The summed E-state index contributed by atoms with van der Waals surface area (Å²) in [6.45, 7) is 1.02. The van der Waals surface area contributed by atoms with Crippen LogP contribution in [0.1, 0.15) is 36.1 Å². The molecule has 1 aliphatic carbocycles. The fourth-order valence-electron chi connectivity index (χ4n) is 4.22. The Bertz CT molecular complexity index is 1280. The number of amides is 2. The highest BCUT2D eigenvalue weighted by molar-refractivity contribution is 6.37. The molecule has 1 aromatic heterocycles. The highest BCUT2D eigenvalue weighted by Crippen LogP contribution is 2.42. The fraction of sp³-hybridized carbons (Fsp3) is 0.269. The molecule has 180 valence electrons. The number of rotatable bonds is 6. The normalized spacial score (nSPS) is 15.2. The summed E-state index contributed by atoms with van der Waals surface area (Å²) in [5.74, 6) is 0.596. The Hall–Kier alpha value is -3.29. The molecule has 0 bridgehead atoms. The summed E-state index contributed by atoms with van der Waals surface area (Å²) >= 11 is 12.9. The van der Waals surface area contributed by atoms with Crippen molar-refractivity contribution in [2.24, 2.45) is 0 Å². The zero-order valence-corrected chi connectivity index (χ0v) is 20.5. The van der Waals surface area contributed by atoms with Crippen molar-refractivity contribution in [2.45, 2.75) is 38.4 Å². The number of carbonyl (C=O) groups is 1. The van der Waals surface area contributed by atoms with Crippen LogP contribution in [0.25, 0.3) is 17.3 Å². The monoisotopic (exact) mass is 509 g/mol. The van der Waals surface area contributed by atoms with E-state index in [0.717, 1.165) is 30.4 Å². The quantitative estimate of drug-likeness (QED) is 0.444. The van der Waals surface area contributed by atoms with Crippen LogP contribution in [0.5, 0.6) is 5.75 Å². The minimum atomic E-state index is -0.109. The molecule has 2 aliphatic rings. The van der Waals surface area contributed by atoms with Gasteiger partial charge in [-0.3, -0.25) is 0 Å². The van der Waals surface area contributed by atoms with Gasteiger partial charge in [0.15, 0.2) is 0 Å². The number of halogens is 2. The van der Waals surface area contributed by atoms with Crippen molar-refractivity contribution in [3.63, 3.8) is 0 Å². The van der Waals surface area contributed by atoms with Crippen LogP contribution in [0.2, 0.25) is 10.0 Å². The second kappa shape index (κ2) is 10.1. The molecular formula is C26H25Cl2N5O2. The van der Waals surface area contributed by atoms with Gasteiger partial charge in [0.2, 0.25) is 5.95 Å². The summed E-state index contributed by atoms with van der Waals surface area (Å²) in [6, 6.07) is 13.4. The zero-order chi connectivity index (χ0) is 24.4. The van der Waals surface area contributed by atoms with Gasteiger partial charge >= 0.3 is 6.03 Å². The topological polar surface area (TPSA) is 93.4 Å². The maximum atomic E-state index is 12.8. The number of carbonyl (C=O) groups excluding carboxylic acids is 1. The molecule has 2 heterocycles. The predicted octanol–water partition coefficient (Wildman–Crippen LogP) is 5.70. The van der Waals surface area contributed by atoms with Crippen molar-refractivity contribution < 1.29 is 9.53 Å². The number of ether oxygens (including phenoxy) is 1. The van der Waals surface area contributed by atoms with Gasteiger partial charge < -0.3 is 20.7 Å². The van der Waals surface area contributed by atoms with E-state index in [1.165, 1.54) is 0 Å². The summed E-state index contributed by atoms with van der Waals surface area (Å²) in [7, 11) is 0. The first-order valence-corrected chi connectivity index (χ1v) is 12.3. The molecule has 2 aromatic carbocycles. The van der Waals surface area contributed by atoms with Gasteiger partial charge in [-0.05, 0) is 43.0 Å². The van der Waals surface area contributed by atoms with Crippen molar-refractivity contribution in [1.82, 2.24) is 20.2 Å². The van der Waals surface area contributed by atoms with Crippen LogP contribution in [-0.4, -0.2) is 33.5 Å². The lowest BCUT2D eigenvalue weighted by molar-refractivity contribution is 0.186. The van der Waals surface area contributed by atoms with E-state index < -0.39 is 0 Å². The number of hydrogen-bond acceptors (Lipinski definition) is 5. The average Bonchev–Trinajstić information content (AvgIpc) is 3.23. The maximum Gasteiger partial charge on any atom is 0.318 e. The van der Waals surface area contributed by atoms with Gasteiger partial charge in [-0.25, -0.2) is 14.8 Å². The molecule has 2 amide bonds. The van der Waals surface area contributed by atoms with E-state index in [0.29, 0.717) is 52.4 Å².